The molecule has 106 valence electrons. The molecule has 0 fully saturated rings. The minimum absolute atomic E-state index is 0.537. The quantitative estimate of drug-likeness (QED) is 0.809. The molecule has 1 aromatic carbocycles. The maximum atomic E-state index is 5.74. The summed E-state index contributed by atoms with van der Waals surface area (Å²) < 4.78 is 5.74. The Hall–Kier alpha value is -1.94. The number of hydrogen-bond acceptors (Lipinski definition) is 4. The first kappa shape index (κ1) is 14.5. The summed E-state index contributed by atoms with van der Waals surface area (Å²) in [5.74, 6) is 1.35. The topological polar surface area (TPSA) is 38.2 Å². The third-order valence-corrected chi connectivity index (χ3v) is 2.92. The Labute approximate surface area is 120 Å². The Kier molecular flexibility index (Phi) is 5.07. The number of nitrogens with zero attached hydrogens (tertiary/aromatic N) is 3. The lowest BCUT2D eigenvalue weighted by Gasteiger charge is -2.10. The maximum Gasteiger partial charge on any atom is 0.238 e. The molecule has 0 N–H and O–H groups in total. The van der Waals surface area contributed by atoms with Crippen LogP contribution in [0.1, 0.15) is 17.7 Å². The van der Waals surface area contributed by atoms with Gasteiger partial charge in [-0.15, -0.1) is 0 Å². The SMILES string of the molecule is Cc1cncc(Oc2cccc(CCCN(C)C)c2)n1. The summed E-state index contributed by atoms with van der Waals surface area (Å²) in [6.45, 7) is 2.99. The Morgan fingerprint density at radius 3 is 2.80 bits per heavy atom. The van der Waals surface area contributed by atoms with Crippen LogP contribution in [0.2, 0.25) is 0 Å². The summed E-state index contributed by atoms with van der Waals surface area (Å²) in [6.07, 6.45) is 5.53. The van der Waals surface area contributed by atoms with E-state index >= 15 is 0 Å². The zero-order valence-electron chi connectivity index (χ0n) is 12.3. The first-order valence-electron chi connectivity index (χ1n) is 6.83. The van der Waals surface area contributed by atoms with Crippen molar-refractivity contribution in [2.45, 2.75) is 19.8 Å². The van der Waals surface area contributed by atoms with Gasteiger partial charge in [-0.2, -0.15) is 0 Å². The molecule has 20 heavy (non-hydrogen) atoms. The van der Waals surface area contributed by atoms with Crippen molar-refractivity contribution >= 4 is 0 Å². The highest BCUT2D eigenvalue weighted by atomic mass is 16.5. The van der Waals surface area contributed by atoms with Gasteiger partial charge in [0.2, 0.25) is 5.88 Å². The average Bonchev–Trinajstić information content (AvgIpc) is 2.39. The fraction of sp³-hybridized carbons (Fsp3) is 0.375. The molecule has 0 spiro atoms. The second kappa shape index (κ2) is 7.01. The molecule has 4 nitrogen and oxygen atoms in total. The van der Waals surface area contributed by atoms with E-state index in [1.807, 2.05) is 19.1 Å². The van der Waals surface area contributed by atoms with Gasteiger partial charge >= 0.3 is 0 Å². The molecular weight excluding hydrogens is 250 g/mol. The zero-order chi connectivity index (χ0) is 14.4. The van der Waals surface area contributed by atoms with Gasteiger partial charge in [0.1, 0.15) is 5.75 Å². The van der Waals surface area contributed by atoms with Gasteiger partial charge in [-0.1, -0.05) is 12.1 Å². The van der Waals surface area contributed by atoms with E-state index in [0.29, 0.717) is 5.88 Å². The van der Waals surface area contributed by atoms with Crippen LogP contribution in [0, 0.1) is 6.92 Å². The van der Waals surface area contributed by atoms with Crippen LogP contribution in [-0.4, -0.2) is 35.5 Å². The van der Waals surface area contributed by atoms with E-state index in [4.69, 9.17) is 4.74 Å². The number of hydrogen-bond donors (Lipinski definition) is 0. The van der Waals surface area contributed by atoms with Crippen LogP contribution in [-0.2, 0) is 6.42 Å². The molecule has 2 aromatic rings. The lowest BCUT2D eigenvalue weighted by atomic mass is 10.1. The summed E-state index contributed by atoms with van der Waals surface area (Å²) in [4.78, 5) is 10.6. The van der Waals surface area contributed by atoms with Crippen LogP contribution in [0.25, 0.3) is 0 Å². The summed E-state index contributed by atoms with van der Waals surface area (Å²) in [5, 5.41) is 0. The monoisotopic (exact) mass is 271 g/mol. The molecule has 0 aliphatic carbocycles. The molecule has 0 radical (unpaired) electrons. The van der Waals surface area contributed by atoms with Crippen molar-refractivity contribution in [2.24, 2.45) is 0 Å². The lowest BCUT2D eigenvalue weighted by molar-refractivity contribution is 0.400. The molecule has 2 rings (SSSR count). The molecular formula is C16H21N3O. The Bertz CT molecular complexity index is 555. The highest BCUT2D eigenvalue weighted by molar-refractivity contribution is 5.31. The minimum atomic E-state index is 0.537. The van der Waals surface area contributed by atoms with Gasteiger partial charge < -0.3 is 9.64 Å². The van der Waals surface area contributed by atoms with Gasteiger partial charge in [0.05, 0.1) is 11.9 Å². The standard InChI is InChI=1S/C16H21N3O/c1-13-11-17-12-16(18-13)20-15-8-4-6-14(10-15)7-5-9-19(2)3/h4,6,8,10-12H,5,7,9H2,1-3H3. The number of ether oxygens (including phenoxy) is 1. The second-order valence-electron chi connectivity index (χ2n) is 5.15. The van der Waals surface area contributed by atoms with Gasteiger partial charge in [0.25, 0.3) is 0 Å². The van der Waals surface area contributed by atoms with Gasteiger partial charge in [-0.05, 0) is 58.1 Å². The first-order valence-corrected chi connectivity index (χ1v) is 6.83. The Balaban J connectivity index is 1.99. The Morgan fingerprint density at radius 1 is 1.20 bits per heavy atom. The molecule has 4 heteroatoms. The molecule has 0 saturated heterocycles. The molecule has 0 unspecified atom stereocenters. The van der Waals surface area contributed by atoms with E-state index < -0.39 is 0 Å². The lowest BCUT2D eigenvalue weighted by Crippen LogP contribution is -2.13. The van der Waals surface area contributed by atoms with Crippen molar-refractivity contribution in [2.75, 3.05) is 20.6 Å². The number of aryl methyl sites for hydroxylation is 2. The van der Waals surface area contributed by atoms with Crippen LogP contribution < -0.4 is 4.74 Å². The fourth-order valence-electron chi connectivity index (χ4n) is 1.97. The van der Waals surface area contributed by atoms with Crippen LogP contribution in [0.15, 0.2) is 36.7 Å². The first-order chi connectivity index (χ1) is 9.63. The third-order valence-electron chi connectivity index (χ3n) is 2.92. The van der Waals surface area contributed by atoms with Crippen molar-refractivity contribution in [1.29, 1.82) is 0 Å². The molecule has 0 saturated carbocycles. The van der Waals surface area contributed by atoms with Crippen molar-refractivity contribution in [1.82, 2.24) is 14.9 Å². The van der Waals surface area contributed by atoms with Crippen molar-refractivity contribution in [3.63, 3.8) is 0 Å². The number of aromatic nitrogens is 2. The van der Waals surface area contributed by atoms with Crippen molar-refractivity contribution in [3.05, 3.63) is 47.9 Å². The summed E-state index contributed by atoms with van der Waals surface area (Å²) in [5.41, 5.74) is 2.13. The molecule has 0 aliphatic heterocycles. The van der Waals surface area contributed by atoms with E-state index in [2.05, 4.69) is 41.1 Å². The number of benzene rings is 1. The van der Waals surface area contributed by atoms with E-state index in [-0.39, 0.29) is 0 Å². The molecule has 0 bridgehead atoms. The largest absolute Gasteiger partial charge is 0.437 e. The predicted octanol–water partition coefficient (Wildman–Crippen LogP) is 3.07. The highest BCUT2D eigenvalue weighted by Crippen LogP contribution is 2.20. The van der Waals surface area contributed by atoms with Crippen molar-refractivity contribution in [3.8, 4) is 11.6 Å². The summed E-state index contributed by atoms with van der Waals surface area (Å²) >= 11 is 0. The molecule has 1 aromatic heterocycles. The highest BCUT2D eigenvalue weighted by Gasteiger charge is 2.01. The van der Waals surface area contributed by atoms with Crippen molar-refractivity contribution < 1.29 is 4.74 Å². The van der Waals surface area contributed by atoms with E-state index in [0.717, 1.165) is 30.8 Å². The van der Waals surface area contributed by atoms with Crippen LogP contribution in [0.3, 0.4) is 0 Å². The molecule has 1 heterocycles. The zero-order valence-corrected chi connectivity index (χ0v) is 12.3. The van der Waals surface area contributed by atoms with E-state index in [1.54, 1.807) is 12.4 Å². The van der Waals surface area contributed by atoms with E-state index in [9.17, 15) is 0 Å². The molecule has 0 atom stereocenters. The number of rotatable bonds is 6. The maximum absolute atomic E-state index is 5.74. The fourth-order valence-corrected chi connectivity index (χ4v) is 1.97. The van der Waals surface area contributed by atoms with Crippen LogP contribution in [0.5, 0.6) is 11.6 Å². The molecule has 0 aliphatic rings. The predicted molar refractivity (Wildman–Crippen MR) is 80.2 cm³/mol. The third kappa shape index (κ3) is 4.63. The second-order valence-corrected chi connectivity index (χ2v) is 5.15. The summed E-state index contributed by atoms with van der Waals surface area (Å²) in [7, 11) is 4.19. The molecule has 0 amide bonds. The van der Waals surface area contributed by atoms with Crippen LogP contribution >= 0.6 is 0 Å². The van der Waals surface area contributed by atoms with Gasteiger partial charge in [0, 0.05) is 6.20 Å². The van der Waals surface area contributed by atoms with Crippen LogP contribution in [0.4, 0.5) is 0 Å². The van der Waals surface area contributed by atoms with Gasteiger partial charge in [-0.3, -0.25) is 4.98 Å². The normalized spacial score (nSPS) is 10.8. The summed E-state index contributed by atoms with van der Waals surface area (Å²) in [6, 6.07) is 8.16. The van der Waals surface area contributed by atoms with Gasteiger partial charge in [-0.25, -0.2) is 4.98 Å². The van der Waals surface area contributed by atoms with E-state index in [1.165, 1.54) is 5.56 Å². The minimum Gasteiger partial charge on any atom is -0.437 e. The smallest absolute Gasteiger partial charge is 0.238 e. The van der Waals surface area contributed by atoms with Gasteiger partial charge in [0.15, 0.2) is 0 Å². The average molecular weight is 271 g/mol. The Morgan fingerprint density at radius 2 is 2.05 bits per heavy atom.